The predicted molar refractivity (Wildman–Crippen MR) is 85.4 cm³/mol. The number of aliphatic hydroxyl groups excluding tert-OH is 2. The van der Waals surface area contributed by atoms with Crippen LogP contribution in [0.25, 0.3) is 10.9 Å². The van der Waals surface area contributed by atoms with Crippen LogP contribution in [0.15, 0.2) is 18.3 Å². The molecule has 0 unspecified atom stereocenters. The Bertz CT molecular complexity index is 660. The van der Waals surface area contributed by atoms with Crippen LogP contribution < -0.4 is 0 Å². The van der Waals surface area contributed by atoms with Crippen molar-refractivity contribution < 1.29 is 20.1 Å². The number of carbonyl (C=O) groups is 1. The van der Waals surface area contributed by atoms with Crippen LogP contribution in [-0.2, 0) is 19.4 Å². The number of hydrogen-bond donors (Lipinski definition) is 3. The number of carboxylic acids is 1. The quantitative estimate of drug-likeness (QED) is 0.698. The Morgan fingerprint density at radius 3 is 2.45 bits per heavy atom. The number of aryl methyl sites for hydroxylation is 3. The van der Waals surface area contributed by atoms with Gasteiger partial charge in [0.25, 0.3) is 0 Å². The second-order valence-corrected chi connectivity index (χ2v) is 5.44. The Kier molecular flexibility index (Phi) is 5.57. The Morgan fingerprint density at radius 2 is 1.86 bits per heavy atom. The maximum atomic E-state index is 11.3. The summed E-state index contributed by atoms with van der Waals surface area (Å²) < 4.78 is 2.10. The average molecular weight is 305 g/mol. The smallest absolute Gasteiger partial charge is 0.335 e. The normalized spacial score (nSPS) is 11.2. The molecule has 2 rings (SSSR count). The molecule has 1 aromatic heterocycles. The van der Waals surface area contributed by atoms with Crippen LogP contribution in [0.2, 0.25) is 0 Å². The van der Waals surface area contributed by atoms with E-state index in [-0.39, 0.29) is 13.2 Å². The molecule has 22 heavy (non-hydrogen) atoms. The van der Waals surface area contributed by atoms with Crippen LogP contribution >= 0.6 is 0 Å². The topological polar surface area (TPSA) is 82.7 Å². The van der Waals surface area contributed by atoms with E-state index >= 15 is 0 Å². The van der Waals surface area contributed by atoms with Crippen LogP contribution in [0.3, 0.4) is 0 Å². The number of nitrogens with zero attached hydrogens (tertiary/aromatic N) is 1. The van der Waals surface area contributed by atoms with E-state index in [1.165, 1.54) is 0 Å². The van der Waals surface area contributed by atoms with E-state index < -0.39 is 5.97 Å². The van der Waals surface area contributed by atoms with Crippen molar-refractivity contribution in [3.63, 3.8) is 0 Å². The summed E-state index contributed by atoms with van der Waals surface area (Å²) in [6, 6.07) is 3.45. The highest BCUT2D eigenvalue weighted by Gasteiger charge is 2.15. The molecular weight excluding hydrogens is 282 g/mol. The molecule has 1 aromatic carbocycles. The first-order chi connectivity index (χ1) is 10.6. The van der Waals surface area contributed by atoms with E-state index in [4.69, 9.17) is 10.2 Å². The molecule has 0 spiro atoms. The summed E-state index contributed by atoms with van der Waals surface area (Å²) in [6.07, 6.45) is 4.80. The lowest BCUT2D eigenvalue weighted by Crippen LogP contribution is -2.02. The molecule has 0 atom stereocenters. The lowest BCUT2D eigenvalue weighted by atomic mass is 10.0. The minimum Gasteiger partial charge on any atom is -0.478 e. The molecule has 0 saturated heterocycles. The Balaban J connectivity index is 2.61. The second kappa shape index (κ2) is 7.42. The third kappa shape index (κ3) is 3.31. The van der Waals surface area contributed by atoms with E-state index in [0.717, 1.165) is 28.5 Å². The van der Waals surface area contributed by atoms with Crippen molar-refractivity contribution >= 4 is 16.9 Å². The first-order valence-corrected chi connectivity index (χ1v) is 7.72. The molecule has 0 aliphatic heterocycles. The van der Waals surface area contributed by atoms with Crippen molar-refractivity contribution in [1.29, 1.82) is 0 Å². The van der Waals surface area contributed by atoms with Gasteiger partial charge in [0.15, 0.2) is 0 Å². The zero-order valence-corrected chi connectivity index (χ0v) is 12.9. The van der Waals surface area contributed by atoms with Gasteiger partial charge < -0.3 is 19.9 Å². The van der Waals surface area contributed by atoms with Crippen molar-refractivity contribution in [2.24, 2.45) is 0 Å². The van der Waals surface area contributed by atoms with Gasteiger partial charge in [-0.25, -0.2) is 4.79 Å². The lowest BCUT2D eigenvalue weighted by Gasteiger charge is -2.09. The number of aliphatic hydroxyl groups is 2. The molecule has 0 aliphatic carbocycles. The summed E-state index contributed by atoms with van der Waals surface area (Å²) in [5, 5.41) is 28.4. The van der Waals surface area contributed by atoms with Crippen molar-refractivity contribution in [2.75, 3.05) is 13.2 Å². The third-order valence-corrected chi connectivity index (χ3v) is 3.92. The van der Waals surface area contributed by atoms with Gasteiger partial charge in [0.05, 0.1) is 11.1 Å². The molecule has 0 aliphatic rings. The van der Waals surface area contributed by atoms with E-state index in [1.807, 2.05) is 13.1 Å². The fraction of sp³-hybridized carbons (Fsp3) is 0.471. The SMILES string of the molecule is CCc1cc(C(=O)O)cc2c(CCCO)cn(CCCO)c12. The second-order valence-electron chi connectivity index (χ2n) is 5.44. The van der Waals surface area contributed by atoms with Gasteiger partial charge in [0, 0.05) is 31.3 Å². The summed E-state index contributed by atoms with van der Waals surface area (Å²) in [6.45, 7) is 2.95. The third-order valence-electron chi connectivity index (χ3n) is 3.92. The van der Waals surface area contributed by atoms with E-state index in [2.05, 4.69) is 4.57 Å². The van der Waals surface area contributed by atoms with Crippen molar-refractivity contribution in [3.05, 3.63) is 35.0 Å². The molecule has 0 amide bonds. The van der Waals surface area contributed by atoms with Crippen molar-refractivity contribution in [1.82, 2.24) is 4.57 Å². The van der Waals surface area contributed by atoms with E-state index in [1.54, 1.807) is 12.1 Å². The molecule has 0 saturated carbocycles. The predicted octanol–water partition coefficient (Wildman–Crippen LogP) is 2.21. The van der Waals surface area contributed by atoms with Gasteiger partial charge >= 0.3 is 5.97 Å². The van der Waals surface area contributed by atoms with Gasteiger partial charge in [-0.05, 0) is 48.9 Å². The highest BCUT2D eigenvalue weighted by molar-refractivity contribution is 5.96. The number of carboxylic acid groups (broad SMARTS) is 1. The van der Waals surface area contributed by atoms with Crippen LogP contribution in [0.5, 0.6) is 0 Å². The maximum absolute atomic E-state index is 11.3. The number of aromatic nitrogens is 1. The summed E-state index contributed by atoms with van der Waals surface area (Å²) in [7, 11) is 0. The monoisotopic (exact) mass is 305 g/mol. The molecule has 0 bridgehead atoms. The maximum Gasteiger partial charge on any atom is 0.335 e. The van der Waals surface area contributed by atoms with Crippen molar-refractivity contribution in [2.45, 2.75) is 39.2 Å². The zero-order valence-electron chi connectivity index (χ0n) is 12.9. The Morgan fingerprint density at radius 1 is 1.14 bits per heavy atom. The first-order valence-electron chi connectivity index (χ1n) is 7.72. The Hall–Kier alpha value is -1.85. The summed E-state index contributed by atoms with van der Waals surface area (Å²) >= 11 is 0. The summed E-state index contributed by atoms with van der Waals surface area (Å²) in [5.74, 6) is -0.923. The molecule has 5 heteroatoms. The molecule has 0 radical (unpaired) electrons. The summed E-state index contributed by atoms with van der Waals surface area (Å²) in [4.78, 5) is 11.3. The number of hydrogen-bond acceptors (Lipinski definition) is 3. The minimum atomic E-state index is -0.923. The van der Waals surface area contributed by atoms with Crippen LogP contribution in [-0.4, -0.2) is 39.1 Å². The molecule has 1 heterocycles. The zero-order chi connectivity index (χ0) is 16.1. The van der Waals surface area contributed by atoms with Crippen molar-refractivity contribution in [3.8, 4) is 0 Å². The van der Waals surface area contributed by atoms with Crippen LogP contribution in [0, 0.1) is 0 Å². The average Bonchev–Trinajstić information content (AvgIpc) is 2.87. The highest BCUT2D eigenvalue weighted by Crippen LogP contribution is 2.28. The van der Waals surface area contributed by atoms with Gasteiger partial charge in [0.1, 0.15) is 0 Å². The van der Waals surface area contributed by atoms with Gasteiger partial charge in [-0.3, -0.25) is 0 Å². The summed E-state index contributed by atoms with van der Waals surface area (Å²) in [5.41, 5.74) is 3.41. The molecule has 3 N–H and O–H groups in total. The standard InChI is InChI=1S/C17H23NO4/c1-2-12-9-14(17(21)22)10-15-13(5-3-7-19)11-18(16(12)15)6-4-8-20/h9-11,19-20H,2-8H2,1H3,(H,21,22). The fourth-order valence-electron chi connectivity index (χ4n) is 2.88. The van der Waals surface area contributed by atoms with Gasteiger partial charge in [-0.1, -0.05) is 6.92 Å². The fourth-order valence-corrected chi connectivity index (χ4v) is 2.88. The first kappa shape index (κ1) is 16.5. The van der Waals surface area contributed by atoms with Crippen LogP contribution in [0.4, 0.5) is 0 Å². The number of benzene rings is 1. The molecule has 2 aromatic rings. The largest absolute Gasteiger partial charge is 0.478 e. The number of fused-ring (bicyclic) bond motifs is 1. The minimum absolute atomic E-state index is 0.114. The molecule has 5 nitrogen and oxygen atoms in total. The molecule has 0 fully saturated rings. The number of aromatic carboxylic acids is 1. The lowest BCUT2D eigenvalue weighted by molar-refractivity contribution is 0.0697. The van der Waals surface area contributed by atoms with Crippen LogP contribution in [0.1, 0.15) is 41.3 Å². The van der Waals surface area contributed by atoms with E-state index in [0.29, 0.717) is 31.4 Å². The van der Waals surface area contributed by atoms with Gasteiger partial charge in [-0.15, -0.1) is 0 Å². The Labute approximate surface area is 129 Å². The van der Waals surface area contributed by atoms with Gasteiger partial charge in [-0.2, -0.15) is 0 Å². The highest BCUT2D eigenvalue weighted by atomic mass is 16.4. The van der Waals surface area contributed by atoms with Gasteiger partial charge in [0.2, 0.25) is 0 Å². The number of rotatable bonds is 8. The molecular formula is C17H23NO4. The molecule has 120 valence electrons. The van der Waals surface area contributed by atoms with E-state index in [9.17, 15) is 9.90 Å².